The van der Waals surface area contributed by atoms with Crippen LogP contribution in [0.5, 0.6) is 11.5 Å². The highest BCUT2D eigenvalue weighted by Gasteiger charge is 2.27. The number of carbonyl (C=O) groups is 2. The van der Waals surface area contributed by atoms with Gasteiger partial charge in [-0.05, 0) is 69.7 Å². The number of alkyl carbamates (subject to hydrolysis) is 1. The quantitative estimate of drug-likeness (QED) is 0.345. The first-order valence-electron chi connectivity index (χ1n) is 12.3. The van der Waals surface area contributed by atoms with Gasteiger partial charge in [-0.1, -0.05) is 0 Å². The SMILES string of the molecule is COC(=O)/N=C(\SC)C(=Nc1ccc(C#N)c(CNC(=O)OC(C)(C)C)c1)c1cc(OC)c2c(c1F)CCCO2. The monoisotopic (exact) mass is 570 g/mol. The number of hydrogen-bond donors (Lipinski definition) is 1. The Balaban J connectivity index is 2.16. The molecule has 0 atom stereocenters. The zero-order valence-corrected chi connectivity index (χ0v) is 24.0. The third kappa shape index (κ3) is 7.51. The van der Waals surface area contributed by atoms with E-state index in [4.69, 9.17) is 18.9 Å². The van der Waals surface area contributed by atoms with E-state index in [2.05, 4.69) is 21.4 Å². The summed E-state index contributed by atoms with van der Waals surface area (Å²) in [6, 6.07) is 8.24. The predicted molar refractivity (Wildman–Crippen MR) is 151 cm³/mol. The highest BCUT2D eigenvalue weighted by Crippen LogP contribution is 2.39. The largest absolute Gasteiger partial charge is 0.493 e. The summed E-state index contributed by atoms with van der Waals surface area (Å²) >= 11 is 1.08. The molecule has 3 rings (SSSR count). The van der Waals surface area contributed by atoms with Gasteiger partial charge in [0, 0.05) is 17.7 Å². The van der Waals surface area contributed by atoms with E-state index in [1.165, 1.54) is 26.4 Å². The summed E-state index contributed by atoms with van der Waals surface area (Å²) in [7, 11) is 2.64. The first kappa shape index (κ1) is 30.4. The molecule has 0 bridgehead atoms. The molecule has 0 aromatic heterocycles. The molecule has 0 saturated carbocycles. The molecule has 10 nitrogen and oxygen atoms in total. The fourth-order valence-electron chi connectivity index (χ4n) is 3.86. The number of rotatable bonds is 6. The number of ether oxygens (including phenoxy) is 4. The number of fused-ring (bicyclic) bond motifs is 1. The Morgan fingerprint density at radius 3 is 2.62 bits per heavy atom. The van der Waals surface area contributed by atoms with Crippen molar-refractivity contribution in [2.75, 3.05) is 27.1 Å². The normalized spacial score (nSPS) is 13.4. The second kappa shape index (κ2) is 13.3. The van der Waals surface area contributed by atoms with Gasteiger partial charge in [-0.2, -0.15) is 10.3 Å². The third-order valence-corrected chi connectivity index (χ3v) is 6.27. The van der Waals surface area contributed by atoms with E-state index in [0.29, 0.717) is 53.3 Å². The minimum Gasteiger partial charge on any atom is -0.493 e. The summed E-state index contributed by atoms with van der Waals surface area (Å²) < 4.78 is 37.1. The molecule has 0 saturated heterocycles. The number of carbonyl (C=O) groups excluding carboxylic acids is 2. The summed E-state index contributed by atoms with van der Waals surface area (Å²) in [5.41, 5.74) is 0.850. The molecule has 2 aromatic carbocycles. The predicted octanol–water partition coefficient (Wildman–Crippen LogP) is 5.70. The van der Waals surface area contributed by atoms with E-state index in [9.17, 15) is 14.9 Å². The summed E-state index contributed by atoms with van der Waals surface area (Å²) in [6.07, 6.45) is 1.19. The molecule has 2 amide bonds. The molecule has 0 aliphatic carbocycles. The minimum absolute atomic E-state index is 0.0134. The summed E-state index contributed by atoms with van der Waals surface area (Å²) in [4.78, 5) is 32.9. The maximum absolute atomic E-state index is 16.0. The standard InChI is InChI=1S/C28H31FN4O6S/c1-28(2,3)39-26(34)31-15-17-12-18(10-9-16(17)14-30)32-23(25(40-6)33-27(35)37-5)20-13-21(36-4)24-19(22(20)29)8-7-11-38-24/h9-10,12-13H,7-8,11,15H2,1-6H3,(H,31,34)/b32-23?,33-25-. The molecule has 1 N–H and O–H groups in total. The average molecular weight is 571 g/mol. The van der Waals surface area contributed by atoms with Crippen LogP contribution in [0.1, 0.15) is 49.4 Å². The summed E-state index contributed by atoms with van der Waals surface area (Å²) in [6.45, 7) is 5.65. The Hall–Kier alpha value is -4.11. The summed E-state index contributed by atoms with van der Waals surface area (Å²) in [5.74, 6) is 0.0829. The van der Waals surface area contributed by atoms with Gasteiger partial charge in [-0.15, -0.1) is 11.8 Å². The molecule has 1 heterocycles. The van der Waals surface area contributed by atoms with Crippen molar-refractivity contribution in [3.05, 3.63) is 52.3 Å². The number of hydrogen-bond acceptors (Lipinski definition) is 9. The highest BCUT2D eigenvalue weighted by molar-refractivity contribution is 8.15. The fraction of sp³-hybridized carbons (Fsp3) is 0.393. The van der Waals surface area contributed by atoms with Gasteiger partial charge >= 0.3 is 12.2 Å². The van der Waals surface area contributed by atoms with Crippen molar-refractivity contribution in [2.45, 2.75) is 45.8 Å². The van der Waals surface area contributed by atoms with E-state index >= 15 is 4.39 Å². The number of amides is 2. The number of thioether (sulfide) groups is 1. The highest BCUT2D eigenvalue weighted by atomic mass is 32.2. The van der Waals surface area contributed by atoms with Crippen molar-refractivity contribution < 1.29 is 32.9 Å². The molecular weight excluding hydrogens is 539 g/mol. The van der Waals surface area contributed by atoms with Gasteiger partial charge in [-0.3, -0.25) is 0 Å². The molecule has 2 aromatic rings. The molecule has 0 fully saturated rings. The fourth-order valence-corrected chi connectivity index (χ4v) is 4.38. The Morgan fingerprint density at radius 2 is 2.00 bits per heavy atom. The molecule has 1 aliphatic heterocycles. The van der Waals surface area contributed by atoms with Crippen LogP contribution < -0.4 is 14.8 Å². The maximum Gasteiger partial charge on any atom is 0.434 e. The minimum atomic E-state index is -0.882. The van der Waals surface area contributed by atoms with Gasteiger partial charge in [0.25, 0.3) is 0 Å². The smallest absolute Gasteiger partial charge is 0.434 e. The number of nitrogens with one attached hydrogen (secondary N) is 1. The molecule has 0 unspecified atom stereocenters. The van der Waals surface area contributed by atoms with Crippen LogP contribution in [-0.4, -0.2) is 55.6 Å². The first-order valence-corrected chi connectivity index (χ1v) is 13.6. The van der Waals surface area contributed by atoms with Crippen molar-refractivity contribution in [1.82, 2.24) is 5.32 Å². The van der Waals surface area contributed by atoms with Crippen LogP contribution in [0.2, 0.25) is 0 Å². The van der Waals surface area contributed by atoms with Crippen LogP contribution in [0, 0.1) is 17.1 Å². The van der Waals surface area contributed by atoms with Gasteiger partial charge in [0.1, 0.15) is 22.2 Å². The zero-order chi connectivity index (χ0) is 29.4. The van der Waals surface area contributed by atoms with E-state index in [1.54, 1.807) is 39.2 Å². The molecule has 212 valence electrons. The Morgan fingerprint density at radius 1 is 1.25 bits per heavy atom. The second-order valence-corrected chi connectivity index (χ2v) is 10.4. The lowest BCUT2D eigenvalue weighted by Crippen LogP contribution is -2.32. The molecule has 40 heavy (non-hydrogen) atoms. The maximum atomic E-state index is 16.0. The number of halogens is 1. The first-order chi connectivity index (χ1) is 19.0. The van der Waals surface area contributed by atoms with Crippen LogP contribution in [-0.2, 0) is 22.4 Å². The number of benzene rings is 2. The second-order valence-electron chi connectivity index (χ2n) is 9.56. The third-order valence-electron chi connectivity index (χ3n) is 5.60. The van der Waals surface area contributed by atoms with E-state index < -0.39 is 23.6 Å². The lowest BCUT2D eigenvalue weighted by atomic mass is 9.98. The van der Waals surface area contributed by atoms with Crippen molar-refractivity contribution >= 4 is 40.4 Å². The van der Waals surface area contributed by atoms with E-state index in [0.717, 1.165) is 11.8 Å². The Bertz CT molecular complexity index is 1390. The Kier molecular flexibility index (Phi) is 10.1. The van der Waals surface area contributed by atoms with Gasteiger partial charge in [-0.25, -0.2) is 19.0 Å². The summed E-state index contributed by atoms with van der Waals surface area (Å²) in [5, 5.41) is 12.3. The van der Waals surface area contributed by atoms with Crippen molar-refractivity contribution in [3.63, 3.8) is 0 Å². The van der Waals surface area contributed by atoms with E-state index in [1.807, 2.05) is 0 Å². The molecule has 0 radical (unpaired) electrons. The zero-order valence-electron chi connectivity index (χ0n) is 23.2. The van der Waals surface area contributed by atoms with Gasteiger partial charge < -0.3 is 24.3 Å². The van der Waals surface area contributed by atoms with E-state index in [-0.39, 0.29) is 22.9 Å². The van der Waals surface area contributed by atoms with Crippen molar-refractivity contribution in [3.8, 4) is 17.6 Å². The van der Waals surface area contributed by atoms with Gasteiger partial charge in [0.2, 0.25) is 0 Å². The average Bonchev–Trinajstić information content (AvgIpc) is 2.93. The van der Waals surface area contributed by atoms with Crippen LogP contribution in [0.4, 0.5) is 19.7 Å². The van der Waals surface area contributed by atoms with Crippen molar-refractivity contribution in [2.24, 2.45) is 9.98 Å². The molecule has 1 aliphatic rings. The van der Waals surface area contributed by atoms with Crippen LogP contribution in [0.25, 0.3) is 0 Å². The number of aliphatic imine (C=N–C) groups is 2. The molecular formula is C28H31FN4O6S. The molecule has 12 heteroatoms. The van der Waals surface area contributed by atoms with Gasteiger partial charge in [0.15, 0.2) is 11.5 Å². The number of methoxy groups -OCH3 is 2. The molecule has 0 spiro atoms. The lowest BCUT2D eigenvalue weighted by Gasteiger charge is -2.22. The van der Waals surface area contributed by atoms with Crippen LogP contribution in [0.15, 0.2) is 34.3 Å². The Labute approximate surface area is 236 Å². The van der Waals surface area contributed by atoms with Gasteiger partial charge in [0.05, 0.1) is 38.1 Å². The van der Waals surface area contributed by atoms with Crippen LogP contribution >= 0.6 is 11.8 Å². The topological polar surface area (TPSA) is 132 Å². The lowest BCUT2D eigenvalue weighted by molar-refractivity contribution is 0.0523. The number of nitrogens with zero attached hydrogens (tertiary/aromatic N) is 3. The van der Waals surface area contributed by atoms with Crippen molar-refractivity contribution in [1.29, 1.82) is 5.26 Å². The van der Waals surface area contributed by atoms with Crippen LogP contribution in [0.3, 0.4) is 0 Å². The number of nitriles is 1.